The lowest BCUT2D eigenvalue weighted by Gasteiger charge is -2.14. The topological polar surface area (TPSA) is 114 Å². The van der Waals surface area contributed by atoms with Gasteiger partial charge in [0.2, 0.25) is 0 Å². The number of benzene rings is 2. The van der Waals surface area contributed by atoms with E-state index in [1.807, 2.05) is 0 Å². The zero-order chi connectivity index (χ0) is 21.0. The van der Waals surface area contributed by atoms with Crippen molar-refractivity contribution in [1.29, 1.82) is 0 Å². The molecule has 7 nitrogen and oxygen atoms in total. The summed E-state index contributed by atoms with van der Waals surface area (Å²) < 4.78 is 35.6. The summed E-state index contributed by atoms with van der Waals surface area (Å²) in [6, 6.07) is 12.4. The number of carbonyl (C=O) groups is 1. The van der Waals surface area contributed by atoms with Crippen molar-refractivity contribution in [3.05, 3.63) is 71.7 Å². The fourth-order valence-corrected chi connectivity index (χ4v) is 4.48. The van der Waals surface area contributed by atoms with Gasteiger partial charge in [0.15, 0.2) is 9.84 Å². The maximum absolute atomic E-state index is 12.8. The van der Waals surface area contributed by atoms with Gasteiger partial charge in [0.05, 0.1) is 30.6 Å². The average molecular weight is 416 g/mol. The first-order valence-electron chi connectivity index (χ1n) is 8.77. The minimum absolute atomic E-state index is 0.111. The van der Waals surface area contributed by atoms with Gasteiger partial charge in [-0.3, -0.25) is 0 Å². The second kappa shape index (κ2) is 8.50. The predicted octanol–water partition coefficient (Wildman–Crippen LogP) is 2.95. The quantitative estimate of drug-likeness (QED) is 0.569. The molecule has 0 saturated carbocycles. The van der Waals surface area contributed by atoms with E-state index in [4.69, 9.17) is 9.15 Å². The average Bonchev–Trinajstić information content (AvgIpc) is 3.16. The minimum Gasteiger partial charge on any atom is -0.506 e. The Morgan fingerprint density at radius 2 is 1.79 bits per heavy atom. The van der Waals surface area contributed by atoms with E-state index >= 15 is 0 Å². The maximum Gasteiger partial charge on any atom is 0.341 e. The van der Waals surface area contributed by atoms with E-state index in [-0.39, 0.29) is 34.6 Å². The lowest BCUT2D eigenvalue weighted by atomic mass is 9.97. The van der Waals surface area contributed by atoms with Crippen LogP contribution in [0.2, 0.25) is 0 Å². The number of methoxy groups -OCH3 is 1. The first-order valence-corrected chi connectivity index (χ1v) is 10.4. The highest BCUT2D eigenvalue weighted by molar-refractivity contribution is 7.90. The number of aliphatic hydroxyl groups is 1. The van der Waals surface area contributed by atoms with Crippen molar-refractivity contribution in [2.45, 2.75) is 17.1 Å². The lowest BCUT2D eigenvalue weighted by molar-refractivity contribution is 0.0596. The molecule has 8 heteroatoms. The second-order valence-corrected chi connectivity index (χ2v) is 8.28. The van der Waals surface area contributed by atoms with Crippen LogP contribution in [0.1, 0.15) is 21.7 Å². The summed E-state index contributed by atoms with van der Waals surface area (Å²) in [5.74, 6) is -1.30. The lowest BCUT2D eigenvalue weighted by Crippen LogP contribution is -2.12. The van der Waals surface area contributed by atoms with Crippen LogP contribution in [0, 0.1) is 0 Å². The predicted molar refractivity (Wildman–Crippen MR) is 105 cm³/mol. The Hall–Kier alpha value is -3.10. The number of aliphatic hydroxyl groups excluding tert-OH is 1. The number of rotatable bonds is 7. The third-order valence-electron chi connectivity index (χ3n) is 4.48. The van der Waals surface area contributed by atoms with E-state index in [1.54, 1.807) is 24.3 Å². The molecular formula is C21H20O7S. The smallest absolute Gasteiger partial charge is 0.341 e. The Kier molecular flexibility index (Phi) is 6.05. The van der Waals surface area contributed by atoms with E-state index in [0.29, 0.717) is 11.3 Å². The summed E-state index contributed by atoms with van der Waals surface area (Å²) in [6.07, 6.45) is 1.63. The Balaban J connectivity index is 2.11. The molecular weight excluding hydrogens is 396 g/mol. The molecule has 2 aromatic carbocycles. The highest BCUT2D eigenvalue weighted by Gasteiger charge is 2.26. The van der Waals surface area contributed by atoms with Gasteiger partial charge in [-0.15, -0.1) is 0 Å². The van der Waals surface area contributed by atoms with E-state index in [1.165, 1.54) is 30.5 Å². The number of hydrogen-bond acceptors (Lipinski definition) is 7. The van der Waals surface area contributed by atoms with Gasteiger partial charge in [-0.05, 0) is 23.8 Å². The van der Waals surface area contributed by atoms with Crippen LogP contribution in [-0.2, 0) is 26.7 Å². The third kappa shape index (κ3) is 4.18. The van der Waals surface area contributed by atoms with Gasteiger partial charge in [-0.1, -0.05) is 30.3 Å². The van der Waals surface area contributed by atoms with Gasteiger partial charge >= 0.3 is 5.97 Å². The highest BCUT2D eigenvalue weighted by atomic mass is 32.2. The molecule has 0 saturated heterocycles. The molecule has 1 aromatic heterocycles. The SMILES string of the molecule is COC(=O)c1c(CS(=O)(=O)c2ccccc2)ccc(-c2ccoc2CCO)c1O. The molecule has 0 aliphatic carbocycles. The van der Waals surface area contributed by atoms with Crippen molar-refractivity contribution in [3.63, 3.8) is 0 Å². The van der Waals surface area contributed by atoms with E-state index in [0.717, 1.165) is 7.11 Å². The number of sulfone groups is 1. The molecule has 0 amide bonds. The number of hydrogen-bond donors (Lipinski definition) is 2. The maximum atomic E-state index is 12.8. The number of phenolic OH excluding ortho intramolecular Hbond substituents is 1. The van der Waals surface area contributed by atoms with Crippen LogP contribution in [-0.4, -0.2) is 38.3 Å². The van der Waals surface area contributed by atoms with Crippen molar-refractivity contribution in [3.8, 4) is 16.9 Å². The molecule has 152 valence electrons. The van der Waals surface area contributed by atoms with Crippen LogP contribution in [0.5, 0.6) is 5.75 Å². The molecule has 2 N–H and O–H groups in total. The van der Waals surface area contributed by atoms with Crippen LogP contribution in [0.4, 0.5) is 0 Å². The molecule has 0 spiro atoms. The van der Waals surface area contributed by atoms with E-state index < -0.39 is 27.3 Å². The summed E-state index contributed by atoms with van der Waals surface area (Å²) in [5.41, 5.74) is 0.678. The molecule has 0 unspecified atom stereocenters. The van der Waals surface area contributed by atoms with Crippen LogP contribution in [0.25, 0.3) is 11.1 Å². The zero-order valence-electron chi connectivity index (χ0n) is 15.7. The number of aromatic hydroxyl groups is 1. The van der Waals surface area contributed by atoms with Gasteiger partial charge in [0, 0.05) is 17.5 Å². The van der Waals surface area contributed by atoms with Gasteiger partial charge in [-0.2, -0.15) is 0 Å². The molecule has 3 aromatic rings. The molecule has 0 radical (unpaired) electrons. The second-order valence-electron chi connectivity index (χ2n) is 6.29. The minimum atomic E-state index is -3.75. The van der Waals surface area contributed by atoms with E-state index in [9.17, 15) is 23.4 Å². The van der Waals surface area contributed by atoms with Gasteiger partial charge in [0.25, 0.3) is 0 Å². The molecule has 0 aliphatic rings. The molecule has 0 fully saturated rings. The summed E-state index contributed by atoms with van der Waals surface area (Å²) in [4.78, 5) is 12.5. The fraction of sp³-hybridized carbons (Fsp3) is 0.190. The number of ether oxygens (including phenoxy) is 1. The molecule has 29 heavy (non-hydrogen) atoms. The highest BCUT2D eigenvalue weighted by Crippen LogP contribution is 2.38. The van der Waals surface area contributed by atoms with Gasteiger partial charge < -0.3 is 19.4 Å². The summed E-state index contributed by atoms with van der Waals surface area (Å²) in [5, 5.41) is 20.0. The number of furan rings is 1. The van der Waals surface area contributed by atoms with E-state index in [2.05, 4.69) is 0 Å². The first-order chi connectivity index (χ1) is 13.9. The molecule has 0 aliphatic heterocycles. The van der Waals surface area contributed by atoms with Crippen molar-refractivity contribution in [2.75, 3.05) is 13.7 Å². The first kappa shape index (κ1) is 20.6. The normalized spacial score (nSPS) is 11.4. The largest absolute Gasteiger partial charge is 0.506 e. The standard InChI is InChI=1S/C21H20O7S/c1-27-21(24)19-14(13-29(25,26)15-5-3-2-4-6-15)7-8-17(20(19)23)16-10-12-28-18(16)9-11-22/h2-8,10,12,22-23H,9,11,13H2,1H3. The Bertz CT molecular complexity index is 1120. The van der Waals surface area contributed by atoms with Crippen molar-refractivity contribution >= 4 is 15.8 Å². The summed E-state index contributed by atoms with van der Waals surface area (Å²) >= 11 is 0. The Morgan fingerprint density at radius 1 is 1.07 bits per heavy atom. The van der Waals surface area contributed by atoms with Crippen molar-refractivity contribution < 1.29 is 32.6 Å². The summed E-state index contributed by atoms with van der Waals surface area (Å²) in [7, 11) is -2.60. The molecule has 3 rings (SSSR count). The van der Waals surface area contributed by atoms with Crippen molar-refractivity contribution in [1.82, 2.24) is 0 Å². The number of phenols is 1. The summed E-state index contributed by atoms with van der Waals surface area (Å²) in [6.45, 7) is -0.154. The van der Waals surface area contributed by atoms with Crippen LogP contribution in [0.15, 0.2) is 64.1 Å². The molecule has 0 atom stereocenters. The zero-order valence-corrected chi connectivity index (χ0v) is 16.5. The third-order valence-corrected chi connectivity index (χ3v) is 6.16. The van der Waals surface area contributed by atoms with Crippen molar-refractivity contribution in [2.24, 2.45) is 0 Å². The molecule has 1 heterocycles. The Labute approximate surface area is 168 Å². The molecule has 0 bridgehead atoms. The number of carbonyl (C=O) groups excluding carboxylic acids is 1. The van der Waals surface area contributed by atoms with Crippen LogP contribution < -0.4 is 0 Å². The van der Waals surface area contributed by atoms with Crippen LogP contribution >= 0.6 is 0 Å². The van der Waals surface area contributed by atoms with Gasteiger partial charge in [-0.25, -0.2) is 13.2 Å². The number of esters is 1. The van der Waals surface area contributed by atoms with Crippen LogP contribution in [0.3, 0.4) is 0 Å². The Morgan fingerprint density at radius 3 is 2.45 bits per heavy atom. The monoisotopic (exact) mass is 416 g/mol. The fourth-order valence-electron chi connectivity index (χ4n) is 3.09. The van der Waals surface area contributed by atoms with Gasteiger partial charge in [0.1, 0.15) is 17.1 Å².